The lowest BCUT2D eigenvalue weighted by atomic mass is 10.0. The van der Waals surface area contributed by atoms with Crippen LogP contribution in [0.15, 0.2) is 30.3 Å². The number of carbonyl (C=O) groups excluding carboxylic acids is 1. The van der Waals surface area contributed by atoms with Crippen molar-refractivity contribution in [3.8, 4) is 0 Å². The van der Waals surface area contributed by atoms with Crippen molar-refractivity contribution in [1.29, 1.82) is 0 Å². The Morgan fingerprint density at radius 3 is 2.43 bits per heavy atom. The minimum atomic E-state index is -4.42. The van der Waals surface area contributed by atoms with E-state index in [1.165, 1.54) is 35.0 Å². The number of nitrogens with zero attached hydrogens (tertiary/aromatic N) is 2. The van der Waals surface area contributed by atoms with Gasteiger partial charge in [-0.05, 0) is 30.7 Å². The average molecular weight is 346 g/mol. The molecule has 1 atom stereocenters. The third-order valence-corrected chi connectivity index (χ3v) is 3.50. The lowest BCUT2D eigenvalue weighted by Gasteiger charge is -2.21. The average Bonchev–Trinajstić information content (AvgIpc) is 2.76. The molecule has 124 valence electrons. The molecule has 0 radical (unpaired) electrons. The Labute approximate surface area is 136 Å². The number of aromatic nitrogens is 2. The number of halogens is 4. The molecule has 0 spiro atoms. The Hall–Kier alpha value is -2.02. The number of nitrogens with one attached hydrogen (secondary N) is 1. The highest BCUT2D eigenvalue weighted by Gasteiger charge is 2.34. The number of amides is 1. The molecule has 1 N–H and O–H groups in total. The zero-order chi connectivity index (χ0) is 17.2. The fourth-order valence-corrected chi connectivity index (χ4v) is 2.36. The van der Waals surface area contributed by atoms with Crippen molar-refractivity contribution >= 4 is 17.5 Å². The van der Waals surface area contributed by atoms with Crippen molar-refractivity contribution < 1.29 is 18.0 Å². The first-order valence-electron chi connectivity index (χ1n) is 6.79. The SMILES string of the molecule is Cc1cc(C(=O)N[C@@H](CC(F)(F)F)c2ccc(Cl)cc2)n(C)n1. The summed E-state index contributed by atoms with van der Waals surface area (Å²) in [6.45, 7) is 1.70. The second kappa shape index (κ2) is 6.62. The predicted molar refractivity (Wildman–Crippen MR) is 80.3 cm³/mol. The second-order valence-electron chi connectivity index (χ2n) is 5.19. The molecule has 1 heterocycles. The maximum absolute atomic E-state index is 12.8. The van der Waals surface area contributed by atoms with Crippen LogP contribution in [0.5, 0.6) is 0 Å². The Bertz CT molecular complexity index is 695. The molecule has 0 unspecified atom stereocenters. The van der Waals surface area contributed by atoms with Gasteiger partial charge in [0.25, 0.3) is 5.91 Å². The van der Waals surface area contributed by atoms with Gasteiger partial charge in [-0.2, -0.15) is 18.3 Å². The maximum Gasteiger partial charge on any atom is 0.391 e. The lowest BCUT2D eigenvalue weighted by molar-refractivity contribution is -0.139. The standard InChI is InChI=1S/C15H15ClF3N3O/c1-9-7-13(22(2)21-9)14(23)20-12(8-15(17,18)19)10-3-5-11(16)6-4-10/h3-7,12H,8H2,1-2H3,(H,20,23)/t12-/m0/s1. The highest BCUT2D eigenvalue weighted by Crippen LogP contribution is 2.30. The van der Waals surface area contributed by atoms with Gasteiger partial charge in [-0.15, -0.1) is 0 Å². The molecule has 0 saturated carbocycles. The molecule has 0 bridgehead atoms. The van der Waals surface area contributed by atoms with Crippen LogP contribution in [0.2, 0.25) is 5.02 Å². The summed E-state index contributed by atoms with van der Waals surface area (Å²) >= 11 is 5.75. The second-order valence-corrected chi connectivity index (χ2v) is 5.63. The van der Waals surface area contributed by atoms with Gasteiger partial charge in [0.2, 0.25) is 0 Å². The topological polar surface area (TPSA) is 46.9 Å². The smallest absolute Gasteiger partial charge is 0.344 e. The first-order chi connectivity index (χ1) is 10.7. The van der Waals surface area contributed by atoms with E-state index in [0.29, 0.717) is 16.3 Å². The van der Waals surface area contributed by atoms with Crippen LogP contribution in [-0.2, 0) is 7.05 Å². The van der Waals surface area contributed by atoms with Crippen LogP contribution in [0.1, 0.15) is 34.2 Å². The molecule has 2 rings (SSSR count). The van der Waals surface area contributed by atoms with Crippen molar-refractivity contribution in [3.05, 3.63) is 52.3 Å². The van der Waals surface area contributed by atoms with Crippen LogP contribution in [-0.4, -0.2) is 21.9 Å². The first kappa shape index (κ1) is 17.3. The number of benzene rings is 1. The number of hydrogen-bond acceptors (Lipinski definition) is 2. The van der Waals surface area contributed by atoms with Gasteiger partial charge >= 0.3 is 6.18 Å². The number of carbonyl (C=O) groups is 1. The van der Waals surface area contributed by atoms with E-state index in [0.717, 1.165) is 0 Å². The zero-order valence-electron chi connectivity index (χ0n) is 12.5. The quantitative estimate of drug-likeness (QED) is 0.916. The molecule has 0 aliphatic rings. The molecule has 0 saturated heterocycles. The van der Waals surface area contributed by atoms with E-state index in [9.17, 15) is 18.0 Å². The number of aryl methyl sites for hydroxylation is 2. The minimum absolute atomic E-state index is 0.198. The minimum Gasteiger partial charge on any atom is -0.344 e. The fourth-order valence-electron chi connectivity index (χ4n) is 2.23. The Morgan fingerprint density at radius 2 is 1.96 bits per heavy atom. The molecule has 0 aliphatic carbocycles. The number of alkyl halides is 3. The third kappa shape index (κ3) is 4.72. The van der Waals surface area contributed by atoms with E-state index in [1.807, 2.05) is 0 Å². The molecule has 1 amide bonds. The van der Waals surface area contributed by atoms with Gasteiger partial charge < -0.3 is 5.32 Å². The summed E-state index contributed by atoms with van der Waals surface area (Å²) in [6, 6.07) is 6.22. The molecule has 2 aromatic rings. The van der Waals surface area contributed by atoms with Crippen LogP contribution in [0.3, 0.4) is 0 Å². The van der Waals surface area contributed by atoms with Gasteiger partial charge in [0.1, 0.15) is 5.69 Å². The van der Waals surface area contributed by atoms with Crippen LogP contribution in [0.25, 0.3) is 0 Å². The van der Waals surface area contributed by atoms with Gasteiger partial charge in [-0.1, -0.05) is 23.7 Å². The van der Waals surface area contributed by atoms with E-state index in [2.05, 4.69) is 10.4 Å². The van der Waals surface area contributed by atoms with Crippen molar-refractivity contribution in [2.45, 2.75) is 25.6 Å². The van der Waals surface area contributed by atoms with Crippen molar-refractivity contribution in [2.75, 3.05) is 0 Å². The molecule has 0 aliphatic heterocycles. The molecular formula is C15H15ClF3N3O. The van der Waals surface area contributed by atoms with E-state index in [1.54, 1.807) is 14.0 Å². The molecule has 1 aromatic heterocycles. The van der Waals surface area contributed by atoms with Crippen LogP contribution >= 0.6 is 11.6 Å². The summed E-state index contributed by atoms with van der Waals surface area (Å²) in [7, 11) is 1.56. The number of hydrogen-bond donors (Lipinski definition) is 1. The summed E-state index contributed by atoms with van der Waals surface area (Å²) in [5, 5.41) is 6.84. The van der Waals surface area contributed by atoms with E-state index < -0.39 is 24.5 Å². The van der Waals surface area contributed by atoms with Crippen LogP contribution in [0.4, 0.5) is 13.2 Å². The lowest BCUT2D eigenvalue weighted by Crippen LogP contribution is -2.33. The molecule has 0 fully saturated rings. The zero-order valence-corrected chi connectivity index (χ0v) is 13.2. The highest BCUT2D eigenvalue weighted by molar-refractivity contribution is 6.30. The first-order valence-corrected chi connectivity index (χ1v) is 7.17. The van der Waals surface area contributed by atoms with Gasteiger partial charge in [-0.25, -0.2) is 0 Å². The third-order valence-electron chi connectivity index (χ3n) is 3.25. The maximum atomic E-state index is 12.8. The summed E-state index contributed by atoms with van der Waals surface area (Å²) in [4.78, 5) is 12.3. The normalized spacial score (nSPS) is 13.0. The van der Waals surface area contributed by atoms with Crippen molar-refractivity contribution in [1.82, 2.24) is 15.1 Å². The van der Waals surface area contributed by atoms with Crippen molar-refractivity contribution in [3.63, 3.8) is 0 Å². The predicted octanol–water partition coefficient (Wildman–Crippen LogP) is 3.81. The van der Waals surface area contributed by atoms with Gasteiger partial charge in [0.05, 0.1) is 18.2 Å². The largest absolute Gasteiger partial charge is 0.391 e. The molecule has 23 heavy (non-hydrogen) atoms. The summed E-state index contributed by atoms with van der Waals surface area (Å²) in [6.07, 6.45) is -5.59. The number of rotatable bonds is 4. The molecule has 8 heteroatoms. The van der Waals surface area contributed by atoms with Gasteiger partial charge in [0, 0.05) is 12.1 Å². The van der Waals surface area contributed by atoms with Crippen LogP contribution < -0.4 is 5.32 Å². The van der Waals surface area contributed by atoms with Crippen LogP contribution in [0, 0.1) is 6.92 Å². The van der Waals surface area contributed by atoms with E-state index in [4.69, 9.17) is 11.6 Å². The van der Waals surface area contributed by atoms with Gasteiger partial charge in [0.15, 0.2) is 0 Å². The van der Waals surface area contributed by atoms with E-state index >= 15 is 0 Å². The Kier molecular flexibility index (Phi) is 4.99. The fraction of sp³-hybridized carbons (Fsp3) is 0.333. The van der Waals surface area contributed by atoms with E-state index in [-0.39, 0.29) is 5.69 Å². The molecular weight excluding hydrogens is 331 g/mol. The molecule has 1 aromatic carbocycles. The van der Waals surface area contributed by atoms with Crippen molar-refractivity contribution in [2.24, 2.45) is 7.05 Å². The Balaban J connectivity index is 2.25. The summed E-state index contributed by atoms with van der Waals surface area (Å²) in [5.41, 5.74) is 1.14. The highest BCUT2D eigenvalue weighted by atomic mass is 35.5. The van der Waals surface area contributed by atoms with Gasteiger partial charge in [-0.3, -0.25) is 9.48 Å². The summed E-state index contributed by atoms with van der Waals surface area (Å²) in [5.74, 6) is -0.614. The molecule has 4 nitrogen and oxygen atoms in total. The Morgan fingerprint density at radius 1 is 1.35 bits per heavy atom. The summed E-state index contributed by atoms with van der Waals surface area (Å²) < 4.78 is 39.8. The monoisotopic (exact) mass is 345 g/mol.